The van der Waals surface area contributed by atoms with Crippen molar-refractivity contribution in [3.8, 4) is 0 Å². The van der Waals surface area contributed by atoms with E-state index in [1.54, 1.807) is 0 Å². The molecule has 1 aliphatic carbocycles. The maximum Gasteiger partial charge on any atom is 0.0696 e. The minimum Gasteiger partial charge on any atom is -0.388 e. The highest BCUT2D eigenvalue weighted by Crippen LogP contribution is 2.24. The van der Waals surface area contributed by atoms with Crippen molar-refractivity contribution in [1.82, 2.24) is 5.32 Å². The number of allylic oxidation sites excluding steroid dienone is 2. The van der Waals surface area contributed by atoms with Crippen LogP contribution in [0.15, 0.2) is 46.6 Å². The monoisotopic (exact) mass is 282 g/mol. The molecule has 2 heteroatoms. The van der Waals surface area contributed by atoms with Crippen LogP contribution in [0, 0.1) is 0 Å². The zero-order valence-corrected chi connectivity index (χ0v) is 13.1. The van der Waals surface area contributed by atoms with Crippen molar-refractivity contribution in [2.24, 2.45) is 4.99 Å². The van der Waals surface area contributed by atoms with Gasteiger partial charge in [-0.15, -0.1) is 0 Å². The Balaban J connectivity index is 1.94. The number of hydrogen-bond donors (Lipinski definition) is 1. The van der Waals surface area contributed by atoms with Crippen molar-refractivity contribution < 1.29 is 0 Å². The van der Waals surface area contributed by atoms with Gasteiger partial charge in [0.05, 0.1) is 11.8 Å². The van der Waals surface area contributed by atoms with Gasteiger partial charge in [-0.05, 0) is 43.7 Å². The minimum absolute atomic E-state index is 0.519. The molecule has 1 saturated carbocycles. The highest BCUT2D eigenvalue weighted by atomic mass is 14.9. The van der Waals surface area contributed by atoms with E-state index in [1.807, 2.05) is 0 Å². The van der Waals surface area contributed by atoms with Crippen molar-refractivity contribution in [3.63, 3.8) is 0 Å². The van der Waals surface area contributed by atoms with E-state index in [9.17, 15) is 0 Å². The number of hydrogen-bond acceptors (Lipinski definition) is 2. The van der Waals surface area contributed by atoms with Gasteiger partial charge in [0, 0.05) is 12.2 Å². The van der Waals surface area contributed by atoms with Crippen LogP contribution >= 0.6 is 0 Å². The minimum atomic E-state index is 0.519. The maximum absolute atomic E-state index is 5.17. The highest BCUT2D eigenvalue weighted by molar-refractivity contribution is 6.12. The highest BCUT2D eigenvalue weighted by Gasteiger charge is 2.18. The van der Waals surface area contributed by atoms with Gasteiger partial charge in [0.1, 0.15) is 0 Å². The van der Waals surface area contributed by atoms with Gasteiger partial charge in [-0.3, -0.25) is 4.99 Å². The van der Waals surface area contributed by atoms with E-state index in [4.69, 9.17) is 4.99 Å². The largest absolute Gasteiger partial charge is 0.388 e. The maximum atomic E-state index is 5.17. The van der Waals surface area contributed by atoms with Crippen molar-refractivity contribution in [2.45, 2.75) is 57.9 Å². The number of nitrogens with one attached hydrogen (secondary N) is 1. The molecule has 0 unspecified atom stereocenters. The van der Waals surface area contributed by atoms with E-state index in [0.717, 1.165) is 6.54 Å². The topological polar surface area (TPSA) is 24.4 Å². The lowest BCUT2D eigenvalue weighted by molar-refractivity contribution is 0.443. The second kappa shape index (κ2) is 6.93. The lowest BCUT2D eigenvalue weighted by atomic mass is 9.94. The normalized spacial score (nSPS) is 23.0. The number of aliphatic imine (C=N–C) groups is 1. The molecule has 1 N–H and O–H groups in total. The average Bonchev–Trinajstić information content (AvgIpc) is 3.08. The van der Waals surface area contributed by atoms with Crippen molar-refractivity contribution in [3.05, 3.63) is 47.2 Å². The quantitative estimate of drug-likeness (QED) is 0.813. The molecule has 2 aliphatic rings. The Labute approximate surface area is 128 Å². The summed E-state index contributed by atoms with van der Waals surface area (Å²) in [6, 6.07) is 11.2. The summed E-state index contributed by atoms with van der Waals surface area (Å²) in [5, 5.41) is 3.54. The first-order chi connectivity index (χ1) is 10.3. The van der Waals surface area contributed by atoms with Crippen LogP contribution in [-0.2, 0) is 0 Å². The van der Waals surface area contributed by atoms with Crippen LogP contribution in [0.1, 0.15) is 57.4 Å². The molecule has 0 radical (unpaired) electrons. The lowest BCUT2D eigenvalue weighted by Gasteiger charge is -2.20. The van der Waals surface area contributed by atoms with E-state index < -0.39 is 0 Å². The first-order valence-electron chi connectivity index (χ1n) is 8.42. The molecule has 1 aromatic carbocycles. The van der Waals surface area contributed by atoms with E-state index in [-0.39, 0.29) is 0 Å². The summed E-state index contributed by atoms with van der Waals surface area (Å²) in [6.07, 6.45) is 8.99. The molecule has 2 nitrogen and oxygen atoms in total. The van der Waals surface area contributed by atoms with E-state index in [0.29, 0.717) is 6.04 Å². The molecule has 0 spiro atoms. The molecule has 1 saturated heterocycles. The molecule has 1 heterocycles. The fourth-order valence-corrected chi connectivity index (χ4v) is 3.43. The van der Waals surface area contributed by atoms with Crippen LogP contribution in [0.4, 0.5) is 0 Å². The Bertz CT molecular complexity index is 514. The Morgan fingerprint density at radius 3 is 2.48 bits per heavy atom. The number of benzene rings is 1. The van der Waals surface area contributed by atoms with Gasteiger partial charge in [0.2, 0.25) is 0 Å². The van der Waals surface area contributed by atoms with Gasteiger partial charge in [-0.1, -0.05) is 49.6 Å². The van der Waals surface area contributed by atoms with Crippen LogP contribution in [0.5, 0.6) is 0 Å². The summed E-state index contributed by atoms with van der Waals surface area (Å²) in [7, 11) is 0. The van der Waals surface area contributed by atoms with E-state index >= 15 is 0 Å². The fourth-order valence-electron chi connectivity index (χ4n) is 3.43. The Hall–Kier alpha value is -1.57. The fraction of sp³-hybridized carbons (Fsp3) is 0.526. The van der Waals surface area contributed by atoms with Gasteiger partial charge in [0.25, 0.3) is 0 Å². The van der Waals surface area contributed by atoms with Crippen molar-refractivity contribution in [1.29, 1.82) is 0 Å². The van der Waals surface area contributed by atoms with Gasteiger partial charge in [0.15, 0.2) is 0 Å². The van der Waals surface area contributed by atoms with Gasteiger partial charge >= 0.3 is 0 Å². The zero-order valence-electron chi connectivity index (χ0n) is 13.1. The average molecular weight is 282 g/mol. The molecule has 1 aliphatic heterocycles. The third kappa shape index (κ3) is 3.55. The molecule has 2 fully saturated rings. The standard InChI is InChI=1S/C19H26N2/c1-15(18-13-8-14-20-18)19(16-9-4-2-5-10-16)21-17-11-6-3-7-12-17/h2,4-5,9-10,17,20H,3,6-8,11-14H2,1H3/b18-15-,21-19?. The summed E-state index contributed by atoms with van der Waals surface area (Å²) in [5.41, 5.74) is 5.23. The van der Waals surface area contributed by atoms with Crippen LogP contribution in [0.3, 0.4) is 0 Å². The first-order valence-corrected chi connectivity index (χ1v) is 8.42. The number of nitrogens with zero attached hydrogens (tertiary/aromatic N) is 1. The van der Waals surface area contributed by atoms with Gasteiger partial charge < -0.3 is 5.32 Å². The SMILES string of the molecule is C/C(C(=NC1CCCCC1)c1ccccc1)=C1\CCCN1. The third-order valence-electron chi connectivity index (χ3n) is 4.68. The molecule has 0 bridgehead atoms. The second-order valence-electron chi connectivity index (χ2n) is 6.27. The van der Waals surface area contributed by atoms with E-state index in [1.165, 1.54) is 67.5 Å². The number of rotatable bonds is 3. The molecule has 3 rings (SSSR count). The molecular weight excluding hydrogens is 256 g/mol. The smallest absolute Gasteiger partial charge is 0.0696 e. The van der Waals surface area contributed by atoms with Crippen molar-refractivity contribution in [2.75, 3.05) is 6.54 Å². The van der Waals surface area contributed by atoms with Crippen LogP contribution in [0.25, 0.3) is 0 Å². The predicted octanol–water partition coefficient (Wildman–Crippen LogP) is 4.47. The molecule has 0 amide bonds. The molecule has 0 atom stereocenters. The molecule has 0 aromatic heterocycles. The first kappa shape index (κ1) is 14.4. The second-order valence-corrected chi connectivity index (χ2v) is 6.27. The van der Waals surface area contributed by atoms with Crippen LogP contribution < -0.4 is 5.32 Å². The van der Waals surface area contributed by atoms with Crippen molar-refractivity contribution >= 4 is 5.71 Å². The van der Waals surface area contributed by atoms with Crippen LogP contribution in [0.2, 0.25) is 0 Å². The van der Waals surface area contributed by atoms with Gasteiger partial charge in [-0.25, -0.2) is 0 Å². The Morgan fingerprint density at radius 1 is 1.05 bits per heavy atom. The summed E-state index contributed by atoms with van der Waals surface area (Å²) in [5.74, 6) is 0. The molecule has 112 valence electrons. The van der Waals surface area contributed by atoms with E-state index in [2.05, 4.69) is 42.6 Å². The van der Waals surface area contributed by atoms with Gasteiger partial charge in [-0.2, -0.15) is 0 Å². The van der Waals surface area contributed by atoms with Crippen LogP contribution in [-0.4, -0.2) is 18.3 Å². The zero-order chi connectivity index (χ0) is 14.5. The third-order valence-corrected chi connectivity index (χ3v) is 4.68. The lowest BCUT2D eigenvalue weighted by Crippen LogP contribution is -2.17. The predicted molar refractivity (Wildman–Crippen MR) is 89.8 cm³/mol. The summed E-state index contributed by atoms with van der Waals surface area (Å²) in [6.45, 7) is 3.35. The summed E-state index contributed by atoms with van der Waals surface area (Å²) >= 11 is 0. The molecule has 21 heavy (non-hydrogen) atoms. The Morgan fingerprint density at radius 2 is 1.81 bits per heavy atom. The summed E-state index contributed by atoms with van der Waals surface area (Å²) in [4.78, 5) is 5.17. The molecular formula is C19H26N2. The Kier molecular flexibility index (Phi) is 4.74. The molecule has 1 aromatic rings. The summed E-state index contributed by atoms with van der Waals surface area (Å²) < 4.78 is 0.